The number of hydrogen-bond acceptors (Lipinski definition) is 7. The molecule has 0 radical (unpaired) electrons. The summed E-state index contributed by atoms with van der Waals surface area (Å²) < 4.78 is 11.7. The van der Waals surface area contributed by atoms with Crippen LogP contribution in [0.5, 0.6) is 11.5 Å². The lowest BCUT2D eigenvalue weighted by Crippen LogP contribution is -2.36. The highest BCUT2D eigenvalue weighted by Crippen LogP contribution is 2.48. The number of dihydropyridines is 1. The van der Waals surface area contributed by atoms with Gasteiger partial charge >= 0.3 is 5.97 Å². The number of ketones is 1. The molecule has 38 heavy (non-hydrogen) atoms. The molecule has 0 unspecified atom stereocenters. The summed E-state index contributed by atoms with van der Waals surface area (Å²) in [5.41, 5.74) is 4.09. The van der Waals surface area contributed by atoms with Gasteiger partial charge in [-0.05, 0) is 83.3 Å². The number of allylic oxidation sites excluding steroid dienone is 3. The number of hydrogen-bond donors (Lipinski definition) is 2. The molecule has 1 heterocycles. The van der Waals surface area contributed by atoms with E-state index >= 15 is 0 Å². The van der Waals surface area contributed by atoms with Crippen LogP contribution in [-0.4, -0.2) is 41.6 Å². The van der Waals surface area contributed by atoms with E-state index in [1.807, 2.05) is 38.1 Å². The van der Waals surface area contributed by atoms with Crippen molar-refractivity contribution in [2.45, 2.75) is 45.4 Å². The predicted molar refractivity (Wildman–Crippen MR) is 155 cm³/mol. The van der Waals surface area contributed by atoms with Gasteiger partial charge in [0, 0.05) is 40.1 Å². The number of thioether (sulfide) groups is 1. The summed E-state index contributed by atoms with van der Waals surface area (Å²) in [5.74, 6) is 0.717. The van der Waals surface area contributed by atoms with Crippen LogP contribution < -0.4 is 10.1 Å². The van der Waals surface area contributed by atoms with Crippen molar-refractivity contribution in [2.75, 3.05) is 24.7 Å². The van der Waals surface area contributed by atoms with Crippen molar-refractivity contribution in [2.24, 2.45) is 0 Å². The molecule has 2 aliphatic rings. The maximum atomic E-state index is 13.8. The van der Waals surface area contributed by atoms with Crippen LogP contribution in [0.1, 0.15) is 56.6 Å². The minimum atomic E-state index is -0.660. The Hall–Kier alpha value is -2.42. The number of rotatable bonds is 9. The maximum Gasteiger partial charge on any atom is 0.336 e. The molecule has 9 heteroatoms. The van der Waals surface area contributed by atoms with Crippen molar-refractivity contribution in [1.29, 1.82) is 0 Å². The number of ether oxygens (including phenoxy) is 2. The highest BCUT2D eigenvalue weighted by molar-refractivity contribution is 9.10. The second kappa shape index (κ2) is 12.6. The normalized spacial score (nSPS) is 19.2. The highest BCUT2D eigenvalue weighted by Gasteiger charge is 2.42. The van der Waals surface area contributed by atoms with Gasteiger partial charge in [-0.15, -0.1) is 0 Å². The minimum absolute atomic E-state index is 0.00965. The zero-order chi connectivity index (χ0) is 27.4. The van der Waals surface area contributed by atoms with Crippen LogP contribution in [0.4, 0.5) is 0 Å². The molecule has 0 saturated carbocycles. The van der Waals surface area contributed by atoms with E-state index < -0.39 is 11.9 Å². The molecule has 0 spiro atoms. The Morgan fingerprint density at radius 1 is 1.18 bits per heavy atom. The number of nitrogens with one attached hydrogen (secondary N) is 1. The van der Waals surface area contributed by atoms with Crippen molar-refractivity contribution in [3.63, 3.8) is 0 Å². The van der Waals surface area contributed by atoms with Crippen LogP contribution in [-0.2, 0) is 14.3 Å². The molecule has 4 rings (SSSR count). The van der Waals surface area contributed by atoms with Crippen LogP contribution in [0, 0.1) is 0 Å². The number of phenols is 1. The van der Waals surface area contributed by atoms with Crippen molar-refractivity contribution < 1.29 is 24.2 Å². The van der Waals surface area contributed by atoms with Crippen molar-refractivity contribution in [1.82, 2.24) is 5.32 Å². The van der Waals surface area contributed by atoms with Crippen LogP contribution in [0.3, 0.4) is 0 Å². The van der Waals surface area contributed by atoms with E-state index in [4.69, 9.17) is 21.1 Å². The first kappa shape index (κ1) is 28.6. The molecule has 2 N–H and O–H groups in total. The Morgan fingerprint density at radius 3 is 2.61 bits per heavy atom. The van der Waals surface area contributed by atoms with Gasteiger partial charge in [-0.1, -0.05) is 30.7 Å². The first-order chi connectivity index (χ1) is 18.2. The smallest absolute Gasteiger partial charge is 0.336 e. The van der Waals surface area contributed by atoms with E-state index in [0.717, 1.165) is 17.0 Å². The zero-order valence-electron chi connectivity index (χ0n) is 21.6. The second-order valence-electron chi connectivity index (χ2n) is 9.18. The predicted octanol–water partition coefficient (Wildman–Crippen LogP) is 6.86. The Balaban J connectivity index is 1.78. The Labute approximate surface area is 240 Å². The molecular formula is C29H31BrClNO5S. The van der Waals surface area contributed by atoms with Gasteiger partial charge < -0.3 is 19.9 Å². The van der Waals surface area contributed by atoms with Gasteiger partial charge in [-0.25, -0.2) is 4.79 Å². The lowest BCUT2D eigenvalue weighted by atomic mass is 9.71. The first-order valence-electron chi connectivity index (χ1n) is 12.6. The maximum absolute atomic E-state index is 13.8. The third kappa shape index (κ3) is 6.08. The number of Topliss-reactive ketones (excluding diaryl/α,β-unsaturated/α-hetero) is 1. The van der Waals surface area contributed by atoms with E-state index in [0.29, 0.717) is 57.1 Å². The van der Waals surface area contributed by atoms with Crippen LogP contribution >= 0.6 is 39.3 Å². The number of esters is 1. The van der Waals surface area contributed by atoms with Gasteiger partial charge in [0.25, 0.3) is 0 Å². The fourth-order valence-electron chi connectivity index (χ4n) is 5.05. The molecule has 0 saturated heterocycles. The summed E-state index contributed by atoms with van der Waals surface area (Å²) in [6.45, 7) is 6.35. The molecule has 2 aromatic rings. The van der Waals surface area contributed by atoms with E-state index in [-0.39, 0.29) is 29.8 Å². The van der Waals surface area contributed by atoms with Gasteiger partial charge in [0.15, 0.2) is 17.3 Å². The molecule has 0 amide bonds. The quantitative estimate of drug-likeness (QED) is 0.234. The van der Waals surface area contributed by atoms with Gasteiger partial charge in [-0.3, -0.25) is 4.79 Å². The fraction of sp³-hybridized carbons (Fsp3) is 0.379. The molecular weight excluding hydrogens is 590 g/mol. The van der Waals surface area contributed by atoms with Crippen LogP contribution in [0.25, 0.3) is 0 Å². The van der Waals surface area contributed by atoms with Gasteiger partial charge in [-0.2, -0.15) is 11.8 Å². The molecule has 0 bridgehead atoms. The number of carbonyl (C=O) groups is 2. The molecule has 0 fully saturated rings. The zero-order valence-corrected chi connectivity index (χ0v) is 24.8. The summed E-state index contributed by atoms with van der Waals surface area (Å²) in [6, 6.07) is 11.0. The third-order valence-electron chi connectivity index (χ3n) is 6.74. The number of phenolic OH excluding ortho intramolecular Hbond substituents is 1. The topological polar surface area (TPSA) is 84.9 Å². The van der Waals surface area contributed by atoms with Gasteiger partial charge in [0.05, 0.1) is 16.7 Å². The summed E-state index contributed by atoms with van der Waals surface area (Å²) in [7, 11) is 0. The third-order valence-corrected chi connectivity index (χ3v) is 8.46. The average molecular weight is 621 g/mol. The van der Waals surface area contributed by atoms with E-state index in [1.54, 1.807) is 23.9 Å². The lowest BCUT2D eigenvalue weighted by Gasteiger charge is -2.37. The Bertz CT molecular complexity index is 1290. The SMILES string of the molecule is CCOc1cc([C@@H]2C(C(=O)OCCSCC)=C(C)NC3=C2C(=O)C[C@@H](c2ccc(Cl)cc2)C3)cc(Br)c1O. The number of carbonyl (C=O) groups excluding carboxylic acids is 2. The molecule has 6 nitrogen and oxygen atoms in total. The second-order valence-corrected chi connectivity index (χ2v) is 11.9. The number of aromatic hydroxyl groups is 1. The molecule has 2 atom stereocenters. The first-order valence-corrected chi connectivity index (χ1v) is 15.0. The fourth-order valence-corrected chi connectivity index (χ4v) is 6.13. The van der Waals surface area contributed by atoms with Crippen molar-refractivity contribution in [3.05, 3.63) is 79.6 Å². The van der Waals surface area contributed by atoms with Gasteiger partial charge in [0.1, 0.15) is 6.61 Å². The standard InChI is InChI=1S/C29H31BrClNO5S/c1-4-36-24-15-19(12-21(30)28(24)34)26-25(29(35)37-10-11-38-5-2)16(3)32-22-13-18(14-23(33)27(22)26)17-6-8-20(31)9-7-17/h6-9,12,15,18,26,32,34H,4-5,10-11,13-14H2,1-3H3/t18-,26+/m0/s1. The monoisotopic (exact) mass is 619 g/mol. The Kier molecular flexibility index (Phi) is 9.50. The van der Waals surface area contributed by atoms with Crippen LogP contribution in [0.15, 0.2) is 63.4 Å². The lowest BCUT2D eigenvalue weighted by molar-refractivity contribution is -0.138. The molecule has 0 aromatic heterocycles. The van der Waals surface area contributed by atoms with Crippen molar-refractivity contribution >= 4 is 51.0 Å². The summed E-state index contributed by atoms with van der Waals surface area (Å²) in [4.78, 5) is 27.3. The molecule has 202 valence electrons. The molecule has 1 aliphatic heterocycles. The van der Waals surface area contributed by atoms with E-state index in [2.05, 4.69) is 28.2 Å². The Morgan fingerprint density at radius 2 is 1.92 bits per heavy atom. The van der Waals surface area contributed by atoms with E-state index in [1.165, 1.54) is 0 Å². The molecule has 1 aliphatic carbocycles. The van der Waals surface area contributed by atoms with Crippen molar-refractivity contribution in [3.8, 4) is 11.5 Å². The summed E-state index contributed by atoms with van der Waals surface area (Å²) in [5, 5.41) is 14.6. The number of benzene rings is 2. The summed E-state index contributed by atoms with van der Waals surface area (Å²) in [6.07, 6.45) is 0.925. The van der Waals surface area contributed by atoms with E-state index in [9.17, 15) is 14.7 Å². The average Bonchev–Trinajstić information content (AvgIpc) is 2.88. The largest absolute Gasteiger partial charge is 0.503 e. The summed E-state index contributed by atoms with van der Waals surface area (Å²) >= 11 is 11.2. The van der Waals surface area contributed by atoms with Gasteiger partial charge in [0.2, 0.25) is 0 Å². The highest BCUT2D eigenvalue weighted by atomic mass is 79.9. The molecule has 2 aromatic carbocycles. The number of halogens is 2. The van der Waals surface area contributed by atoms with Crippen LogP contribution in [0.2, 0.25) is 5.02 Å². The minimum Gasteiger partial charge on any atom is -0.503 e.